The first kappa shape index (κ1) is 57.7. The lowest BCUT2D eigenvalue weighted by atomic mass is 9.96. The van der Waals surface area contributed by atoms with E-state index in [1.54, 1.807) is 83.9 Å². The average molecular weight is 1130 g/mol. The first-order valence-corrected chi connectivity index (χ1v) is 25.8. The van der Waals surface area contributed by atoms with E-state index in [0.29, 0.717) is 87.6 Å². The molecule has 0 spiro atoms. The van der Waals surface area contributed by atoms with E-state index in [9.17, 15) is 19.2 Å². The highest BCUT2D eigenvalue weighted by atomic mass is 35.5. The predicted molar refractivity (Wildman–Crippen MR) is 307 cm³/mol. The van der Waals surface area contributed by atoms with E-state index in [0.717, 1.165) is 50.1 Å². The molecule has 2 aromatic carbocycles. The number of carboxylic acid groups (broad SMARTS) is 1. The molecule has 81 heavy (non-hydrogen) atoms. The summed E-state index contributed by atoms with van der Waals surface area (Å²) in [6.07, 6.45) is 9.98. The molecule has 10 rings (SSSR count). The first-order valence-electron chi connectivity index (χ1n) is 25.8. The minimum absolute atomic E-state index is 0. The smallest absolute Gasteiger partial charge is 0.338 e. The van der Waals surface area contributed by atoms with Crippen LogP contribution in [0.2, 0.25) is 0 Å². The number of aromatic nitrogens is 8. The lowest BCUT2D eigenvalue weighted by Crippen LogP contribution is -2.40. The number of carbonyl (C=O) groups excluding carboxylic acids is 3. The van der Waals surface area contributed by atoms with E-state index in [4.69, 9.17) is 28.8 Å². The van der Waals surface area contributed by atoms with E-state index < -0.39 is 17.5 Å². The maximum atomic E-state index is 13.2. The fourth-order valence-electron chi connectivity index (χ4n) is 9.29. The number of hydrogen-bond acceptors (Lipinski definition) is 19. The highest BCUT2D eigenvalue weighted by molar-refractivity contribution is 5.96. The number of nitrogens with zero attached hydrogens (tertiary/aromatic N) is 10. The number of esters is 1. The SMILES string of the molecule is COc1ccc(Nc2cc(N3CCCC(C(=O)Nc4ccc(C(=O)O)cc4)C3)cn3ncnc23)nc1OC.COc1ccc(Nc2cc(N3CCCC(C(=O)Nc4ccc(C(=O)OC(C)(C)C)cc4)C3)cn3ncnc23)nc1OC.Cl. The number of carbonyl (C=O) groups is 4. The number of fused-ring (bicyclic) bond motifs is 2. The Labute approximate surface area is 472 Å². The van der Waals surface area contributed by atoms with Gasteiger partial charge in [0.25, 0.3) is 11.8 Å². The van der Waals surface area contributed by atoms with Gasteiger partial charge in [0, 0.05) is 37.6 Å². The molecule has 5 N–H and O–H groups in total. The third kappa shape index (κ3) is 14.1. The number of halogens is 1. The van der Waals surface area contributed by atoms with Gasteiger partial charge in [0.05, 0.1) is 86.5 Å². The van der Waals surface area contributed by atoms with Gasteiger partial charge in [-0.2, -0.15) is 20.2 Å². The van der Waals surface area contributed by atoms with Crippen molar-refractivity contribution in [3.8, 4) is 23.3 Å². The maximum Gasteiger partial charge on any atom is 0.338 e. The van der Waals surface area contributed by atoms with Crippen molar-refractivity contribution in [3.63, 3.8) is 0 Å². The van der Waals surface area contributed by atoms with Crippen molar-refractivity contribution >= 4 is 93.2 Å². The Morgan fingerprint density at radius 1 is 0.593 bits per heavy atom. The zero-order chi connectivity index (χ0) is 56.5. The topological polar surface area (TPSA) is 275 Å². The van der Waals surface area contributed by atoms with Gasteiger partial charge < -0.3 is 59.9 Å². The first-order chi connectivity index (χ1) is 38.6. The number of rotatable bonds is 16. The van der Waals surface area contributed by atoms with Crippen LogP contribution in [0.3, 0.4) is 0 Å². The quantitative estimate of drug-likeness (QED) is 0.0567. The molecule has 2 unspecified atom stereocenters. The molecule has 8 heterocycles. The second-order valence-electron chi connectivity index (χ2n) is 19.9. The summed E-state index contributed by atoms with van der Waals surface area (Å²) in [6.45, 7) is 8.11. The van der Waals surface area contributed by atoms with Gasteiger partial charge in [-0.15, -0.1) is 12.4 Å². The standard InChI is InChI=1S/C30H35N7O5.C26H27N7O5.ClH/c1-30(2,3)42-29(39)19-8-10-21(11-9-19)33-27(38)20-7-6-14-36(16-20)22-15-23(26-31-18-32-37(26)17-22)34-25-13-12-24(40-4)28(35-25)41-5;1-37-21-9-10-22(31-25(21)38-2)30-20-12-19(14-33-23(20)27-15-28-33)32-11-3-4-17(13-32)24(34)29-18-7-5-16(6-8-18)26(35)36;/h8-13,15,17-18,20H,6-7,14,16H2,1-5H3,(H,33,38)(H,34,35);5-10,12,14-15,17H,3-4,11,13H2,1-2H3,(H,29,34)(H,30,31)(H,35,36);1H. The van der Waals surface area contributed by atoms with Crippen molar-refractivity contribution in [2.75, 3.05) is 85.7 Å². The van der Waals surface area contributed by atoms with Gasteiger partial charge in [-0.1, -0.05) is 0 Å². The van der Waals surface area contributed by atoms with Gasteiger partial charge in [-0.25, -0.2) is 28.6 Å². The van der Waals surface area contributed by atoms with Crippen molar-refractivity contribution in [1.82, 2.24) is 39.2 Å². The second-order valence-corrected chi connectivity index (χ2v) is 19.9. The molecule has 2 atom stereocenters. The largest absolute Gasteiger partial charge is 0.491 e. The number of methoxy groups -OCH3 is 4. The Morgan fingerprint density at radius 2 is 1.02 bits per heavy atom. The summed E-state index contributed by atoms with van der Waals surface area (Å²) in [5.74, 6) is 0.835. The molecule has 6 aromatic heterocycles. The fourth-order valence-corrected chi connectivity index (χ4v) is 9.29. The van der Waals surface area contributed by atoms with Crippen molar-refractivity contribution in [1.29, 1.82) is 0 Å². The Morgan fingerprint density at radius 3 is 1.42 bits per heavy atom. The molecule has 0 saturated carbocycles. The molecule has 2 fully saturated rings. The van der Waals surface area contributed by atoms with Crippen LogP contribution in [-0.2, 0) is 14.3 Å². The van der Waals surface area contributed by atoms with Crippen LogP contribution in [0.4, 0.5) is 45.8 Å². The van der Waals surface area contributed by atoms with Crippen LogP contribution < -0.4 is 50.0 Å². The van der Waals surface area contributed by atoms with Gasteiger partial charge in [-0.3, -0.25) is 9.59 Å². The van der Waals surface area contributed by atoms with Crippen LogP contribution in [-0.4, -0.2) is 128 Å². The minimum atomic E-state index is -1.01. The molecule has 2 aliphatic rings. The molecule has 25 heteroatoms. The molecule has 0 bridgehead atoms. The Hall–Kier alpha value is -9.45. The summed E-state index contributed by atoms with van der Waals surface area (Å²) in [5.41, 5.74) is 5.67. The van der Waals surface area contributed by atoms with Gasteiger partial charge in [-0.05, 0) is 131 Å². The third-order valence-electron chi connectivity index (χ3n) is 13.2. The molecule has 8 aromatic rings. The lowest BCUT2D eigenvalue weighted by molar-refractivity contribution is -0.120. The van der Waals surface area contributed by atoms with E-state index >= 15 is 0 Å². The zero-order valence-corrected chi connectivity index (χ0v) is 46.5. The minimum Gasteiger partial charge on any atom is -0.491 e. The Kier molecular flexibility index (Phi) is 18.2. The number of benzene rings is 2. The summed E-state index contributed by atoms with van der Waals surface area (Å²) in [7, 11) is 6.18. The molecule has 0 radical (unpaired) electrons. The second kappa shape index (κ2) is 25.6. The summed E-state index contributed by atoms with van der Waals surface area (Å²) < 4.78 is 30.0. The van der Waals surface area contributed by atoms with Crippen molar-refractivity contribution in [2.24, 2.45) is 11.8 Å². The number of carboxylic acids is 1. The van der Waals surface area contributed by atoms with E-state index in [-0.39, 0.29) is 41.6 Å². The molecule has 2 amide bonds. The van der Waals surface area contributed by atoms with E-state index in [2.05, 4.69) is 61.2 Å². The number of piperidine rings is 2. The highest BCUT2D eigenvalue weighted by Crippen LogP contribution is 2.34. The highest BCUT2D eigenvalue weighted by Gasteiger charge is 2.29. The normalized spacial score (nSPS) is 15.0. The molecular formula is C56H63ClN14O10. The van der Waals surface area contributed by atoms with Crippen molar-refractivity contribution in [3.05, 3.63) is 121 Å². The molecule has 24 nitrogen and oxygen atoms in total. The number of ether oxygens (including phenoxy) is 5. The van der Waals surface area contributed by atoms with Gasteiger partial charge in [0.1, 0.15) is 29.9 Å². The number of hydrogen-bond donors (Lipinski definition) is 5. The van der Waals surface area contributed by atoms with Crippen molar-refractivity contribution < 1.29 is 48.0 Å². The summed E-state index contributed by atoms with van der Waals surface area (Å²) in [6, 6.07) is 24.0. The van der Waals surface area contributed by atoms with E-state index in [1.165, 1.54) is 39.0 Å². The molecule has 424 valence electrons. The number of amides is 2. The van der Waals surface area contributed by atoms with Gasteiger partial charge >= 0.3 is 11.9 Å². The van der Waals surface area contributed by atoms with Crippen LogP contribution in [0.25, 0.3) is 11.3 Å². The Bertz CT molecular complexity index is 3520. The van der Waals surface area contributed by atoms with Crippen LogP contribution >= 0.6 is 12.4 Å². The van der Waals surface area contributed by atoms with Gasteiger partial charge in [0.2, 0.25) is 11.8 Å². The van der Waals surface area contributed by atoms with Crippen LogP contribution in [0.5, 0.6) is 23.3 Å². The monoisotopic (exact) mass is 1130 g/mol. The Balaban J connectivity index is 0.000000211. The van der Waals surface area contributed by atoms with E-state index in [1.807, 2.05) is 45.3 Å². The average Bonchev–Trinajstić information content (AvgIpc) is 4.20. The lowest BCUT2D eigenvalue weighted by Gasteiger charge is -2.34. The number of nitrogens with one attached hydrogen (secondary N) is 4. The molecule has 2 aliphatic heterocycles. The number of aromatic carboxylic acids is 1. The maximum absolute atomic E-state index is 13.2. The summed E-state index contributed by atoms with van der Waals surface area (Å²) in [4.78, 5) is 71.7. The molecular weight excluding hydrogens is 1060 g/mol. The summed E-state index contributed by atoms with van der Waals surface area (Å²) in [5, 5.41) is 30.3. The predicted octanol–water partition coefficient (Wildman–Crippen LogP) is 8.56. The molecule has 2 saturated heterocycles. The summed E-state index contributed by atoms with van der Waals surface area (Å²) >= 11 is 0. The number of pyridine rings is 4. The van der Waals surface area contributed by atoms with Gasteiger partial charge in [0.15, 0.2) is 22.8 Å². The number of anilines is 8. The van der Waals surface area contributed by atoms with Crippen LogP contribution in [0, 0.1) is 11.8 Å². The molecule has 0 aliphatic carbocycles. The zero-order valence-electron chi connectivity index (χ0n) is 45.7. The van der Waals surface area contributed by atoms with Crippen LogP contribution in [0.15, 0.2) is 110 Å². The third-order valence-corrected chi connectivity index (χ3v) is 13.2. The fraction of sp³-hybridized carbons (Fsp3) is 0.321. The van der Waals surface area contributed by atoms with Crippen molar-refractivity contribution in [2.45, 2.75) is 52.1 Å². The van der Waals surface area contributed by atoms with Crippen LogP contribution in [0.1, 0.15) is 67.2 Å².